The summed E-state index contributed by atoms with van der Waals surface area (Å²) >= 11 is 5.96. The molecule has 5 heteroatoms. The molecular weight excluding hydrogens is 266 g/mol. The molecule has 1 amide bonds. The van der Waals surface area contributed by atoms with E-state index in [2.05, 4.69) is 5.32 Å². The predicted molar refractivity (Wildman–Crippen MR) is 74.0 cm³/mol. The molecule has 0 bridgehead atoms. The first-order chi connectivity index (χ1) is 8.70. The lowest BCUT2D eigenvalue weighted by Crippen LogP contribution is -2.35. The highest BCUT2D eigenvalue weighted by Crippen LogP contribution is 2.24. The largest absolute Gasteiger partial charge is 0.479 e. The van der Waals surface area contributed by atoms with Crippen molar-refractivity contribution in [1.29, 1.82) is 0 Å². The normalized spacial score (nSPS) is 12.8. The summed E-state index contributed by atoms with van der Waals surface area (Å²) in [4.78, 5) is 23.1. The minimum Gasteiger partial charge on any atom is -0.479 e. The summed E-state index contributed by atoms with van der Waals surface area (Å²) in [5.74, 6) is -1.44. The number of carbonyl (C=O) groups is 2. The van der Waals surface area contributed by atoms with Gasteiger partial charge >= 0.3 is 5.97 Å². The summed E-state index contributed by atoms with van der Waals surface area (Å²) in [6, 6.07) is 5.47. The number of benzene rings is 1. The molecule has 0 radical (unpaired) electrons. The Hall–Kier alpha value is -1.55. The van der Waals surface area contributed by atoms with Crippen molar-refractivity contribution in [3.8, 4) is 0 Å². The van der Waals surface area contributed by atoms with Crippen molar-refractivity contribution in [3.63, 3.8) is 0 Å². The zero-order valence-corrected chi connectivity index (χ0v) is 12.0. The van der Waals surface area contributed by atoms with Crippen molar-refractivity contribution in [1.82, 2.24) is 5.32 Å². The molecule has 19 heavy (non-hydrogen) atoms. The van der Waals surface area contributed by atoms with Crippen molar-refractivity contribution >= 4 is 23.5 Å². The minimum absolute atomic E-state index is 0.201. The van der Waals surface area contributed by atoms with Crippen LogP contribution in [-0.2, 0) is 9.59 Å². The standard InChI is InChI=1S/C14H18ClNO3/c1-14(2,3)8-11(17)16-12(13(18)19)9-6-4-5-7-10(9)15/h4-7,12H,8H2,1-3H3,(H,16,17)(H,18,19)/t12-/m1/s1. The van der Waals surface area contributed by atoms with Crippen molar-refractivity contribution in [2.24, 2.45) is 5.41 Å². The van der Waals surface area contributed by atoms with Gasteiger partial charge in [0.05, 0.1) is 0 Å². The van der Waals surface area contributed by atoms with Crippen LogP contribution in [0.4, 0.5) is 0 Å². The van der Waals surface area contributed by atoms with E-state index in [1.165, 1.54) is 0 Å². The Morgan fingerprint density at radius 3 is 2.37 bits per heavy atom. The van der Waals surface area contributed by atoms with Crippen LogP contribution in [0.2, 0.25) is 5.02 Å². The molecule has 0 aliphatic rings. The molecule has 0 aliphatic heterocycles. The molecule has 1 rings (SSSR count). The lowest BCUT2D eigenvalue weighted by molar-refractivity contribution is -0.142. The first kappa shape index (κ1) is 15.5. The Bertz CT molecular complexity index is 480. The number of amides is 1. The number of halogens is 1. The molecular formula is C14H18ClNO3. The number of rotatable bonds is 4. The van der Waals surface area contributed by atoms with Gasteiger partial charge < -0.3 is 10.4 Å². The summed E-state index contributed by atoms with van der Waals surface area (Å²) < 4.78 is 0. The van der Waals surface area contributed by atoms with Crippen LogP contribution >= 0.6 is 11.6 Å². The van der Waals surface area contributed by atoms with Crippen molar-refractivity contribution in [2.75, 3.05) is 0 Å². The monoisotopic (exact) mass is 283 g/mol. The van der Waals surface area contributed by atoms with Gasteiger partial charge in [0, 0.05) is 17.0 Å². The highest BCUT2D eigenvalue weighted by atomic mass is 35.5. The summed E-state index contributed by atoms with van der Waals surface area (Å²) in [5, 5.41) is 12.1. The van der Waals surface area contributed by atoms with Crippen LogP contribution in [0.1, 0.15) is 38.8 Å². The Morgan fingerprint density at radius 2 is 1.89 bits per heavy atom. The van der Waals surface area contributed by atoms with E-state index in [1.54, 1.807) is 24.3 Å². The molecule has 2 N–H and O–H groups in total. The van der Waals surface area contributed by atoms with E-state index in [1.807, 2.05) is 20.8 Å². The third-order valence-electron chi connectivity index (χ3n) is 2.46. The van der Waals surface area contributed by atoms with Crippen LogP contribution in [0.5, 0.6) is 0 Å². The number of aliphatic carboxylic acids is 1. The maximum Gasteiger partial charge on any atom is 0.330 e. The zero-order chi connectivity index (χ0) is 14.6. The van der Waals surface area contributed by atoms with Gasteiger partial charge in [-0.1, -0.05) is 50.6 Å². The Morgan fingerprint density at radius 1 is 1.32 bits per heavy atom. The maximum atomic E-state index is 11.8. The SMILES string of the molecule is CC(C)(C)CC(=O)N[C@@H](C(=O)O)c1ccccc1Cl. The fraction of sp³-hybridized carbons (Fsp3) is 0.429. The Balaban J connectivity index is 2.89. The number of carbonyl (C=O) groups excluding carboxylic acids is 1. The van der Waals surface area contributed by atoms with Gasteiger partial charge in [-0.25, -0.2) is 4.79 Å². The van der Waals surface area contributed by atoms with Gasteiger partial charge in [-0.05, 0) is 11.5 Å². The van der Waals surface area contributed by atoms with Gasteiger partial charge in [-0.15, -0.1) is 0 Å². The highest BCUT2D eigenvalue weighted by molar-refractivity contribution is 6.31. The molecule has 1 aromatic rings. The first-order valence-electron chi connectivity index (χ1n) is 5.97. The molecule has 0 heterocycles. The molecule has 104 valence electrons. The number of carboxylic acids is 1. The molecule has 4 nitrogen and oxygen atoms in total. The van der Waals surface area contributed by atoms with E-state index < -0.39 is 12.0 Å². The Labute approximate surface area is 117 Å². The van der Waals surface area contributed by atoms with E-state index in [0.717, 1.165) is 0 Å². The molecule has 1 aromatic carbocycles. The average molecular weight is 284 g/mol. The highest BCUT2D eigenvalue weighted by Gasteiger charge is 2.26. The van der Waals surface area contributed by atoms with Gasteiger partial charge in [0.15, 0.2) is 6.04 Å². The summed E-state index contributed by atoms with van der Waals surface area (Å²) in [6.07, 6.45) is 0.251. The molecule has 1 atom stereocenters. The van der Waals surface area contributed by atoms with Gasteiger partial charge in [-0.2, -0.15) is 0 Å². The fourth-order valence-electron chi connectivity index (χ4n) is 1.68. The third kappa shape index (κ3) is 4.91. The average Bonchev–Trinajstić information content (AvgIpc) is 2.24. The molecule has 0 aromatic heterocycles. The van der Waals surface area contributed by atoms with E-state index in [4.69, 9.17) is 11.6 Å². The van der Waals surface area contributed by atoms with Crippen LogP contribution in [0, 0.1) is 5.41 Å². The third-order valence-corrected chi connectivity index (χ3v) is 2.80. The van der Waals surface area contributed by atoms with Crippen LogP contribution in [-0.4, -0.2) is 17.0 Å². The molecule has 0 fully saturated rings. The van der Waals surface area contributed by atoms with Gasteiger partial charge in [0.2, 0.25) is 5.91 Å². The molecule has 0 unspecified atom stereocenters. The zero-order valence-electron chi connectivity index (χ0n) is 11.2. The second-order valence-electron chi connectivity index (χ2n) is 5.60. The quantitative estimate of drug-likeness (QED) is 0.892. The van der Waals surface area contributed by atoms with Gasteiger partial charge in [-0.3, -0.25) is 4.79 Å². The predicted octanol–water partition coefficient (Wildman–Crippen LogP) is 3.02. The van der Waals surface area contributed by atoms with Crippen LogP contribution in [0.3, 0.4) is 0 Å². The van der Waals surface area contributed by atoms with Crippen LogP contribution < -0.4 is 5.32 Å². The maximum absolute atomic E-state index is 11.8. The van der Waals surface area contributed by atoms with Gasteiger partial charge in [0.25, 0.3) is 0 Å². The van der Waals surface area contributed by atoms with Crippen molar-refractivity contribution < 1.29 is 14.7 Å². The topological polar surface area (TPSA) is 66.4 Å². The number of hydrogen-bond acceptors (Lipinski definition) is 2. The lowest BCUT2D eigenvalue weighted by Gasteiger charge is -2.21. The lowest BCUT2D eigenvalue weighted by atomic mass is 9.91. The van der Waals surface area contributed by atoms with E-state index in [-0.39, 0.29) is 17.7 Å². The summed E-state index contributed by atoms with van der Waals surface area (Å²) in [5.41, 5.74) is 0.187. The summed E-state index contributed by atoms with van der Waals surface area (Å²) in [7, 11) is 0. The van der Waals surface area contributed by atoms with Crippen molar-refractivity contribution in [2.45, 2.75) is 33.2 Å². The molecule has 0 saturated carbocycles. The van der Waals surface area contributed by atoms with E-state index in [0.29, 0.717) is 10.6 Å². The summed E-state index contributed by atoms with van der Waals surface area (Å²) in [6.45, 7) is 5.74. The second kappa shape index (κ2) is 6.06. The van der Waals surface area contributed by atoms with E-state index in [9.17, 15) is 14.7 Å². The van der Waals surface area contributed by atoms with Gasteiger partial charge in [0.1, 0.15) is 0 Å². The molecule has 0 saturated heterocycles. The van der Waals surface area contributed by atoms with E-state index >= 15 is 0 Å². The second-order valence-corrected chi connectivity index (χ2v) is 6.00. The molecule has 0 aliphatic carbocycles. The molecule has 0 spiro atoms. The number of carboxylic acid groups (broad SMARTS) is 1. The smallest absolute Gasteiger partial charge is 0.330 e. The van der Waals surface area contributed by atoms with Crippen molar-refractivity contribution in [3.05, 3.63) is 34.9 Å². The minimum atomic E-state index is -1.13. The Kier molecular flexibility index (Phi) is 4.95. The fourth-order valence-corrected chi connectivity index (χ4v) is 1.92. The number of hydrogen-bond donors (Lipinski definition) is 2. The van der Waals surface area contributed by atoms with Crippen LogP contribution in [0.15, 0.2) is 24.3 Å². The first-order valence-corrected chi connectivity index (χ1v) is 6.35. The number of nitrogens with one attached hydrogen (secondary N) is 1. The van der Waals surface area contributed by atoms with Crippen LogP contribution in [0.25, 0.3) is 0 Å².